The van der Waals surface area contributed by atoms with E-state index >= 15 is 0 Å². The highest BCUT2D eigenvalue weighted by Crippen LogP contribution is 2.38. The lowest BCUT2D eigenvalue weighted by atomic mass is 10.0. The summed E-state index contributed by atoms with van der Waals surface area (Å²) in [5.41, 5.74) is 0. The number of phosphoric acid groups is 1. The minimum absolute atomic E-state index is 0.0218. The van der Waals surface area contributed by atoms with Crippen molar-refractivity contribution in [2.75, 3.05) is 54.1 Å². The molecule has 0 amide bonds. The minimum atomic E-state index is -4.54. The summed E-state index contributed by atoms with van der Waals surface area (Å²) in [5.74, 6) is -0.343. The highest BCUT2D eigenvalue weighted by atomic mass is 31.2. The van der Waals surface area contributed by atoms with Crippen molar-refractivity contribution in [3.8, 4) is 0 Å². The summed E-state index contributed by atoms with van der Waals surface area (Å²) in [4.78, 5) is 25.2. The number of hydrogen-bond donors (Lipinski definition) is 0. The molecule has 2 unspecified atom stereocenters. The van der Waals surface area contributed by atoms with E-state index in [1.807, 2.05) is 21.1 Å². The maximum atomic E-state index is 12.7. The number of nitrogens with zero attached hydrogens (tertiary/aromatic N) is 1. The van der Waals surface area contributed by atoms with Gasteiger partial charge in [-0.15, -0.1) is 0 Å². The highest BCUT2D eigenvalue weighted by Gasteiger charge is 2.20. The summed E-state index contributed by atoms with van der Waals surface area (Å²) in [6, 6.07) is 0. The number of esters is 1. The van der Waals surface area contributed by atoms with Crippen LogP contribution in [0.4, 0.5) is 0 Å². The second kappa shape index (κ2) is 48.4. The van der Waals surface area contributed by atoms with Gasteiger partial charge in [0.15, 0.2) is 0 Å². The van der Waals surface area contributed by atoms with Crippen LogP contribution in [0, 0.1) is 0 Å². The first-order valence-corrected chi connectivity index (χ1v) is 28.1. The topological polar surface area (TPSA) is 94.1 Å². The summed E-state index contributed by atoms with van der Waals surface area (Å²) >= 11 is 0. The Morgan fingerprint density at radius 3 is 1.34 bits per heavy atom. The quantitative estimate of drug-likeness (QED) is 0.0197. The molecule has 0 aliphatic rings. The van der Waals surface area contributed by atoms with Gasteiger partial charge in [0, 0.05) is 13.0 Å². The molecule has 0 heterocycles. The number of unbranched alkanes of at least 4 members (excludes halogenated alkanes) is 23. The third kappa shape index (κ3) is 52.8. The number of rotatable bonds is 49. The molecule has 0 saturated heterocycles. The van der Waals surface area contributed by atoms with Gasteiger partial charge in [-0.1, -0.05) is 202 Å². The molecule has 65 heavy (non-hydrogen) atoms. The molecule has 0 saturated carbocycles. The lowest BCUT2D eigenvalue weighted by molar-refractivity contribution is -0.870. The Morgan fingerprint density at radius 2 is 0.892 bits per heavy atom. The third-order valence-electron chi connectivity index (χ3n) is 11.2. The van der Waals surface area contributed by atoms with Crippen molar-refractivity contribution in [1.82, 2.24) is 0 Å². The van der Waals surface area contributed by atoms with Gasteiger partial charge in [-0.25, -0.2) is 0 Å². The summed E-state index contributed by atoms with van der Waals surface area (Å²) in [5, 5.41) is 0. The summed E-state index contributed by atoms with van der Waals surface area (Å²) in [7, 11) is 1.35. The van der Waals surface area contributed by atoms with E-state index < -0.39 is 13.9 Å². The molecule has 378 valence electrons. The molecule has 0 aromatic heterocycles. The first-order chi connectivity index (χ1) is 31.6. The summed E-state index contributed by atoms with van der Waals surface area (Å²) < 4.78 is 34.8. The zero-order chi connectivity index (χ0) is 47.6. The van der Waals surface area contributed by atoms with Crippen LogP contribution in [0.2, 0.25) is 0 Å². The molecule has 2 atom stereocenters. The van der Waals surface area contributed by atoms with E-state index in [4.69, 9.17) is 18.5 Å². The fraction of sp³-hybridized carbons (Fsp3) is 0.768. The van der Waals surface area contributed by atoms with Crippen molar-refractivity contribution >= 4 is 13.8 Å². The Bertz CT molecular complexity index is 1270. The molecule has 9 heteroatoms. The normalized spacial score (nSPS) is 14.1. The number of likely N-dealkylation sites (N-methyl/N-ethyl adjacent to an activating group) is 1. The van der Waals surface area contributed by atoms with Gasteiger partial charge < -0.3 is 27.9 Å². The molecule has 0 spiro atoms. The molecule has 0 radical (unpaired) electrons. The van der Waals surface area contributed by atoms with Crippen LogP contribution in [0.15, 0.2) is 72.9 Å². The molecule has 8 nitrogen and oxygen atoms in total. The number of ether oxygens (including phenoxy) is 2. The highest BCUT2D eigenvalue weighted by molar-refractivity contribution is 7.45. The Kier molecular flexibility index (Phi) is 46.9. The van der Waals surface area contributed by atoms with E-state index in [0.29, 0.717) is 24.1 Å². The predicted molar refractivity (Wildman–Crippen MR) is 277 cm³/mol. The Morgan fingerprint density at radius 1 is 0.492 bits per heavy atom. The van der Waals surface area contributed by atoms with Crippen molar-refractivity contribution in [2.45, 2.75) is 225 Å². The van der Waals surface area contributed by atoms with Crippen molar-refractivity contribution in [3.05, 3.63) is 72.9 Å². The van der Waals surface area contributed by atoms with Gasteiger partial charge in [0.2, 0.25) is 0 Å². The van der Waals surface area contributed by atoms with E-state index in [1.54, 1.807) is 0 Å². The predicted octanol–water partition coefficient (Wildman–Crippen LogP) is 16.0. The molecule has 0 aromatic carbocycles. The van der Waals surface area contributed by atoms with Crippen LogP contribution in [0.1, 0.15) is 219 Å². The zero-order valence-electron chi connectivity index (χ0n) is 42.9. The molecule has 0 rings (SSSR count). The lowest BCUT2D eigenvalue weighted by Crippen LogP contribution is -2.37. The fourth-order valence-electron chi connectivity index (χ4n) is 7.16. The average molecular weight is 932 g/mol. The molecule has 0 aliphatic heterocycles. The summed E-state index contributed by atoms with van der Waals surface area (Å²) in [6.07, 6.45) is 63.6. The van der Waals surface area contributed by atoms with Gasteiger partial charge >= 0.3 is 5.97 Å². The molecular formula is C56H102NO7P. The zero-order valence-corrected chi connectivity index (χ0v) is 43.8. The van der Waals surface area contributed by atoms with Crippen LogP contribution in [0.3, 0.4) is 0 Å². The molecule has 0 bridgehead atoms. The van der Waals surface area contributed by atoms with Gasteiger partial charge in [-0.2, -0.15) is 0 Å². The van der Waals surface area contributed by atoms with Gasteiger partial charge in [0.1, 0.15) is 19.3 Å². The molecule has 0 N–H and O–H groups in total. The van der Waals surface area contributed by atoms with Gasteiger partial charge in [0.05, 0.1) is 34.4 Å². The second-order valence-electron chi connectivity index (χ2n) is 18.9. The maximum Gasteiger partial charge on any atom is 0.306 e. The van der Waals surface area contributed by atoms with E-state index in [0.717, 1.165) is 70.6 Å². The molecule has 0 aliphatic carbocycles. The Labute approximate surface area is 402 Å². The summed E-state index contributed by atoms with van der Waals surface area (Å²) in [6.45, 7) is 5.27. The minimum Gasteiger partial charge on any atom is -0.756 e. The molecule has 0 aromatic rings. The first-order valence-electron chi connectivity index (χ1n) is 26.7. The van der Waals surface area contributed by atoms with E-state index in [2.05, 4.69) is 86.8 Å². The number of quaternary nitrogens is 1. The number of carbonyl (C=O) groups is 1. The Balaban J connectivity index is 4.10. The van der Waals surface area contributed by atoms with E-state index in [9.17, 15) is 14.3 Å². The van der Waals surface area contributed by atoms with Crippen LogP contribution in [-0.2, 0) is 27.9 Å². The first kappa shape index (κ1) is 62.9. The van der Waals surface area contributed by atoms with Crippen molar-refractivity contribution in [1.29, 1.82) is 0 Å². The van der Waals surface area contributed by atoms with Gasteiger partial charge in [0.25, 0.3) is 7.82 Å². The average Bonchev–Trinajstić information content (AvgIpc) is 3.27. The van der Waals surface area contributed by atoms with Crippen LogP contribution < -0.4 is 4.89 Å². The van der Waals surface area contributed by atoms with Crippen LogP contribution >= 0.6 is 7.82 Å². The molecular weight excluding hydrogens is 830 g/mol. The number of phosphoric ester groups is 1. The van der Waals surface area contributed by atoms with Crippen molar-refractivity contribution < 1.29 is 37.3 Å². The molecule has 0 fully saturated rings. The maximum absolute atomic E-state index is 12.7. The van der Waals surface area contributed by atoms with Crippen LogP contribution in [0.25, 0.3) is 0 Å². The lowest BCUT2D eigenvalue weighted by Gasteiger charge is -2.28. The van der Waals surface area contributed by atoms with E-state index in [-0.39, 0.29) is 25.8 Å². The SMILES string of the molecule is CC/C=C\C/C=C\C/C=C\C/C=C\CCCCCCCCCCCCCCCOCC(COP(=O)([O-])OCC[N+](C)(C)C)OC(=O)CCCCCCCCC/C=C\C/C=C\CCCCC. The second-order valence-corrected chi connectivity index (χ2v) is 20.3. The van der Waals surface area contributed by atoms with Crippen molar-refractivity contribution in [2.24, 2.45) is 0 Å². The number of hydrogen-bond acceptors (Lipinski definition) is 7. The van der Waals surface area contributed by atoms with Crippen LogP contribution in [0.5, 0.6) is 0 Å². The third-order valence-corrected chi connectivity index (χ3v) is 12.2. The number of allylic oxidation sites excluding steroid dienone is 12. The van der Waals surface area contributed by atoms with E-state index in [1.165, 1.54) is 128 Å². The standard InChI is InChI=1S/C56H102NO7P/c1-6-8-10-12-14-16-18-20-22-24-25-26-27-28-29-30-31-32-34-36-38-40-42-44-46-48-51-61-53-55(54-63-65(59,60)62-52-50-57(3,4)5)64-56(58)49-47-45-43-41-39-37-35-33-23-21-19-17-15-13-11-9-7-2/h8,10,14-17,20-23,25-26,55H,6-7,9,11-13,18-19,24,27-54H2,1-5H3/b10-8-,16-14-,17-15-,22-20-,23-21-,26-25-. The monoisotopic (exact) mass is 932 g/mol. The Hall–Kier alpha value is -2.06. The van der Waals surface area contributed by atoms with Gasteiger partial charge in [-0.05, 0) is 83.5 Å². The number of carbonyl (C=O) groups excluding carboxylic acids is 1. The fourth-order valence-corrected chi connectivity index (χ4v) is 7.89. The largest absolute Gasteiger partial charge is 0.756 e. The van der Waals surface area contributed by atoms with Crippen molar-refractivity contribution in [3.63, 3.8) is 0 Å². The van der Waals surface area contributed by atoms with Gasteiger partial charge in [-0.3, -0.25) is 9.36 Å². The smallest absolute Gasteiger partial charge is 0.306 e. The van der Waals surface area contributed by atoms with Crippen LogP contribution in [-0.4, -0.2) is 70.7 Å².